The number of phenolic OH excluding ortho intramolecular Hbond substituents is 1. The number of anilines is 1. The van der Waals surface area contributed by atoms with Crippen molar-refractivity contribution in [2.45, 2.75) is 115 Å². The van der Waals surface area contributed by atoms with Crippen molar-refractivity contribution < 1.29 is 39.9 Å². The third-order valence-electron chi connectivity index (χ3n) is 16.7. The number of ketones is 2. The number of dihydropyridines is 1. The van der Waals surface area contributed by atoms with Crippen molar-refractivity contribution in [3.8, 4) is 23.3 Å². The highest BCUT2D eigenvalue weighted by molar-refractivity contribution is 6.06. The Bertz CT molecular complexity index is 2920. The number of fused-ring (bicyclic) bond motifs is 9. The van der Waals surface area contributed by atoms with E-state index in [0.29, 0.717) is 71.0 Å². The summed E-state index contributed by atoms with van der Waals surface area (Å²) in [5.41, 5.74) is 7.43. The Kier molecular flexibility index (Phi) is 17.6. The zero-order valence-corrected chi connectivity index (χ0v) is 43.7. The first kappa shape index (κ1) is 53.6. The Morgan fingerprint density at radius 2 is 1.65 bits per heavy atom. The Labute approximate surface area is 442 Å². The van der Waals surface area contributed by atoms with Gasteiger partial charge in [0.25, 0.3) is 0 Å². The van der Waals surface area contributed by atoms with Gasteiger partial charge in [0.2, 0.25) is 0 Å². The Morgan fingerprint density at radius 3 is 2.45 bits per heavy atom. The number of aliphatic hydroxyl groups is 4. The number of phenols is 1. The number of ether oxygens (including phenoxy) is 1. The second-order valence-electron chi connectivity index (χ2n) is 21.8. The molecule has 4 aromatic carbocycles. The smallest absolute Gasteiger partial charge is 0.173 e. The topological polar surface area (TPSA) is 196 Å². The number of aromatic amines is 1. The minimum atomic E-state index is -1.86. The van der Waals surface area contributed by atoms with E-state index in [0.717, 1.165) is 67.8 Å². The summed E-state index contributed by atoms with van der Waals surface area (Å²) in [6, 6.07) is 28.0. The van der Waals surface area contributed by atoms with E-state index in [1.54, 1.807) is 12.1 Å². The largest absolute Gasteiger partial charge is 0.504 e. The number of aromatic hydroxyl groups is 1. The fraction of sp³-hybridized carbons (Fsp3) is 0.460. The minimum Gasteiger partial charge on any atom is -0.504 e. The van der Waals surface area contributed by atoms with Crippen molar-refractivity contribution in [1.82, 2.24) is 15.6 Å². The molecule has 1 saturated carbocycles. The number of methoxy groups -OCH3 is 1. The summed E-state index contributed by atoms with van der Waals surface area (Å²) >= 11 is 0. The molecule has 0 unspecified atom stereocenters. The number of Topliss-reactive ketones (excluding diaryl/α,β-unsaturated/α-hetero) is 2. The molecule has 0 amide bonds. The highest BCUT2D eigenvalue weighted by Crippen LogP contribution is 2.48. The summed E-state index contributed by atoms with van der Waals surface area (Å²) in [4.78, 5) is 32.8. The van der Waals surface area contributed by atoms with E-state index in [-0.39, 0.29) is 60.5 Å². The van der Waals surface area contributed by atoms with Crippen LogP contribution in [-0.4, -0.2) is 93.7 Å². The number of hydrogen-bond donors (Lipinski definition) is 9. The lowest BCUT2D eigenvalue weighted by molar-refractivity contribution is -0.142. The number of hydrogen-bond acceptors (Lipinski definition) is 11. The van der Waals surface area contributed by atoms with Gasteiger partial charge in [-0.1, -0.05) is 92.8 Å². The van der Waals surface area contributed by atoms with E-state index in [4.69, 9.17) is 4.74 Å². The summed E-state index contributed by atoms with van der Waals surface area (Å²) in [7, 11) is 1.48. The zero-order chi connectivity index (χ0) is 52.6. The maximum Gasteiger partial charge on any atom is 0.173 e. The molecule has 12 nitrogen and oxygen atoms in total. The Hall–Kier alpha value is -6.20. The summed E-state index contributed by atoms with van der Waals surface area (Å²) in [5.74, 6) is 4.86. The van der Waals surface area contributed by atoms with Crippen molar-refractivity contribution in [2.75, 3.05) is 38.7 Å². The highest BCUT2D eigenvalue weighted by atomic mass is 16.5. The zero-order valence-electron chi connectivity index (χ0n) is 43.7. The maximum atomic E-state index is 15.2. The summed E-state index contributed by atoms with van der Waals surface area (Å²) in [6.45, 7) is 5.94. The number of nitrogens with one attached hydrogen (secondary N) is 4. The molecule has 396 valence electrons. The van der Waals surface area contributed by atoms with Crippen LogP contribution in [0.2, 0.25) is 0 Å². The molecule has 1 fully saturated rings. The standard InChI is InChI=1S/C63H76N4O8/c1-4-9-54-47-27-46(26-42-16-19-53(41-10-6-5-7-11-41)55-34-59(72)60(75-3)31-43(55)17-20-57(70)63(74)62(73)56(42)30-47)52(12-8-23-68)44-21-22-65-61(32-44)67-49-18-15-40-14-13-39(24-45(40)28-49)25-51(69)37-64-35-38(2)48-29-50(66-36-48)33-58(54)71/h5-7,10-11,13-15,18,21,24,28-29,31-32,34,36,38,42,46-47,51-54,56,58,63-69,71-72,74H,4,8-9,12,17,20,22-23,25-27,30,33,35,37H2,1-3H3/t38-,42-,46+,47-,51+,52-,53+,54+,56-,58-,63+/m1/s1. The molecular weight excluding hydrogens is 941 g/mol. The quantitative estimate of drug-likeness (QED) is 0.0560. The van der Waals surface area contributed by atoms with Gasteiger partial charge in [-0.25, -0.2) is 0 Å². The number of H-pyrrole nitrogens is 1. The molecule has 5 aromatic rings. The van der Waals surface area contributed by atoms with E-state index >= 15 is 4.79 Å². The predicted molar refractivity (Wildman–Crippen MR) is 294 cm³/mol. The number of rotatable bonds is 7. The number of β-amino-alcohol motifs (C(OH)–C–C–N with tert-alkyl or cyclic N) is 1. The van der Waals surface area contributed by atoms with Gasteiger partial charge in [-0.05, 0) is 162 Å². The van der Waals surface area contributed by atoms with Crippen LogP contribution < -0.4 is 20.7 Å². The van der Waals surface area contributed by atoms with Gasteiger partial charge in [-0.2, -0.15) is 0 Å². The van der Waals surface area contributed by atoms with Crippen LogP contribution in [0.15, 0.2) is 115 Å². The predicted octanol–water partition coefficient (Wildman–Crippen LogP) is 8.61. The number of carbonyl (C=O) groups is 2. The molecule has 9 rings (SSSR count). The maximum absolute atomic E-state index is 15.2. The fourth-order valence-electron chi connectivity index (χ4n) is 12.7. The van der Waals surface area contributed by atoms with Crippen molar-refractivity contribution in [1.29, 1.82) is 0 Å². The Morgan fingerprint density at radius 1 is 0.827 bits per heavy atom. The van der Waals surface area contributed by atoms with Crippen LogP contribution in [0, 0.1) is 47.3 Å². The van der Waals surface area contributed by atoms with Crippen molar-refractivity contribution in [2.24, 2.45) is 35.5 Å². The SMILES string of the molecule is CCC[C@H]1[C@@H]2C[C@H](C[C@H]3C#C[C@@H](c4ccccc4)c4cc(O)c(OC)cc4CCC(=O)[C@H](O)C(=O)[C@@H]3C2)[C@H](CCCO)C2=CCNC(=C2)Nc2ccc3ccc(cc3c2)C[C@H](O)CNC[C@@H](C)c2c[nH]c(c2)C[C@H]1O. The van der Waals surface area contributed by atoms with Crippen LogP contribution in [0.25, 0.3) is 10.8 Å². The number of aliphatic hydroxyl groups excluding tert-OH is 4. The molecule has 0 radical (unpaired) electrons. The van der Waals surface area contributed by atoms with E-state index in [2.05, 4.69) is 101 Å². The van der Waals surface area contributed by atoms with Crippen LogP contribution in [0.5, 0.6) is 11.5 Å². The molecule has 2 aliphatic carbocycles. The van der Waals surface area contributed by atoms with Crippen LogP contribution >= 0.6 is 0 Å². The average Bonchev–Trinajstić information content (AvgIpc) is 3.81. The lowest BCUT2D eigenvalue weighted by Gasteiger charge is -2.36. The van der Waals surface area contributed by atoms with Crippen LogP contribution in [0.3, 0.4) is 0 Å². The minimum absolute atomic E-state index is 0.00153. The third kappa shape index (κ3) is 12.7. The molecule has 2 aliphatic heterocycles. The van der Waals surface area contributed by atoms with E-state index in [9.17, 15) is 30.3 Å². The number of aryl methyl sites for hydroxylation is 1. The summed E-state index contributed by atoms with van der Waals surface area (Å²) in [5, 5.41) is 70.3. The Balaban J connectivity index is 1.18. The first-order valence-electron chi connectivity index (χ1n) is 27.4. The highest BCUT2D eigenvalue weighted by Gasteiger charge is 2.45. The first-order chi connectivity index (χ1) is 36.4. The molecule has 9 bridgehead atoms. The van der Waals surface area contributed by atoms with Gasteiger partial charge < -0.3 is 51.2 Å². The van der Waals surface area contributed by atoms with Gasteiger partial charge in [0.1, 0.15) is 5.82 Å². The lowest BCUT2D eigenvalue weighted by atomic mass is 9.71. The second-order valence-corrected chi connectivity index (χ2v) is 21.8. The molecule has 11 atom stereocenters. The number of benzene rings is 4. The molecule has 9 N–H and O–H groups in total. The molecule has 12 heteroatoms. The normalized spacial score (nSPS) is 28.0. The van der Waals surface area contributed by atoms with Gasteiger partial charge in [0.05, 0.1) is 25.2 Å². The third-order valence-corrected chi connectivity index (χ3v) is 16.7. The van der Waals surface area contributed by atoms with E-state index in [1.807, 2.05) is 36.5 Å². The molecule has 0 saturated heterocycles. The molecular formula is C63H76N4O8. The monoisotopic (exact) mass is 1020 g/mol. The van der Waals surface area contributed by atoms with Gasteiger partial charge in [0.15, 0.2) is 29.2 Å². The van der Waals surface area contributed by atoms with Gasteiger partial charge >= 0.3 is 0 Å². The van der Waals surface area contributed by atoms with Crippen molar-refractivity contribution in [3.63, 3.8) is 0 Å². The van der Waals surface area contributed by atoms with E-state index in [1.165, 1.54) is 7.11 Å². The second kappa shape index (κ2) is 24.6. The number of allylic oxidation sites excluding steroid dienone is 2. The number of carbonyl (C=O) groups excluding carboxylic acids is 2. The molecule has 75 heavy (non-hydrogen) atoms. The van der Waals surface area contributed by atoms with Gasteiger partial charge in [-0.15, -0.1) is 0 Å². The number of aromatic nitrogens is 1. The van der Waals surface area contributed by atoms with E-state index < -0.39 is 47.6 Å². The molecule has 1 aromatic heterocycles. The van der Waals surface area contributed by atoms with Crippen molar-refractivity contribution >= 4 is 28.0 Å². The van der Waals surface area contributed by atoms with Gasteiger partial charge in [0, 0.05) is 68.5 Å². The molecule has 0 spiro atoms. The molecule has 4 aliphatic rings. The summed E-state index contributed by atoms with van der Waals surface area (Å²) < 4.78 is 5.53. The van der Waals surface area contributed by atoms with Crippen LogP contribution in [-0.2, 0) is 28.9 Å². The van der Waals surface area contributed by atoms with Crippen molar-refractivity contribution in [3.05, 3.63) is 148 Å². The van der Waals surface area contributed by atoms with Gasteiger partial charge in [-0.3, -0.25) is 9.59 Å². The van der Waals surface area contributed by atoms with Crippen LogP contribution in [0.4, 0.5) is 5.69 Å². The average molecular weight is 1020 g/mol. The van der Waals surface area contributed by atoms with Crippen LogP contribution in [0.1, 0.15) is 111 Å². The fourth-order valence-corrected chi connectivity index (χ4v) is 12.7. The first-order valence-corrected chi connectivity index (χ1v) is 27.4. The summed E-state index contributed by atoms with van der Waals surface area (Å²) in [6.07, 6.45) is 8.32. The molecule has 3 heterocycles. The lowest BCUT2D eigenvalue weighted by Crippen LogP contribution is -2.40.